The average molecular weight is 471 g/mol. The number of hydrogen-bond acceptors (Lipinski definition) is 6. The fourth-order valence-corrected chi connectivity index (χ4v) is 9.15. The van der Waals surface area contributed by atoms with Crippen LogP contribution in [0.5, 0.6) is 0 Å². The van der Waals surface area contributed by atoms with Crippen LogP contribution in [0.15, 0.2) is 22.8 Å². The zero-order valence-electron chi connectivity index (χ0n) is 21.1. The Kier molecular flexibility index (Phi) is 4.47. The van der Waals surface area contributed by atoms with Crippen molar-refractivity contribution in [2.45, 2.75) is 115 Å². The number of esters is 1. The first kappa shape index (κ1) is 22.9. The van der Waals surface area contributed by atoms with Gasteiger partial charge in [-0.1, -0.05) is 18.6 Å². The van der Waals surface area contributed by atoms with Crippen molar-refractivity contribution in [1.29, 1.82) is 0 Å². The largest absolute Gasteiger partial charge is 0.455 e. The van der Waals surface area contributed by atoms with E-state index in [9.17, 15) is 19.8 Å². The summed E-state index contributed by atoms with van der Waals surface area (Å²) < 4.78 is 12.0. The smallest absolute Gasteiger partial charge is 0.334 e. The second-order valence-corrected chi connectivity index (χ2v) is 12.7. The molecule has 6 aliphatic rings. The van der Waals surface area contributed by atoms with E-state index in [0.717, 1.165) is 36.8 Å². The fraction of sp³-hybridized carbons (Fsp3) is 0.786. The van der Waals surface area contributed by atoms with Crippen molar-refractivity contribution in [3.63, 3.8) is 0 Å². The summed E-state index contributed by atoms with van der Waals surface area (Å²) in [6, 6.07) is 0. The second-order valence-electron chi connectivity index (χ2n) is 12.7. The molecule has 4 aliphatic carbocycles. The molecule has 4 fully saturated rings. The molecule has 0 amide bonds. The summed E-state index contributed by atoms with van der Waals surface area (Å²) in [5.74, 6) is -0.0699. The quantitative estimate of drug-likeness (QED) is 0.362. The van der Waals surface area contributed by atoms with Crippen molar-refractivity contribution in [3.8, 4) is 0 Å². The summed E-state index contributed by atoms with van der Waals surface area (Å²) in [5.41, 5.74) is -1.66. The molecule has 2 heterocycles. The maximum Gasteiger partial charge on any atom is 0.334 e. The molecule has 6 heteroatoms. The lowest BCUT2D eigenvalue weighted by molar-refractivity contribution is -0.193. The first-order valence-electron chi connectivity index (χ1n) is 13.1. The summed E-state index contributed by atoms with van der Waals surface area (Å²) in [6.45, 7) is 9.58. The highest BCUT2D eigenvalue weighted by atomic mass is 16.6. The first-order chi connectivity index (χ1) is 15.8. The number of hydrogen-bond donors (Lipinski definition) is 2. The molecule has 0 radical (unpaired) electrons. The van der Waals surface area contributed by atoms with Crippen molar-refractivity contribution in [1.82, 2.24) is 0 Å². The number of fused-ring (bicyclic) bond motifs is 4. The molecule has 1 spiro atoms. The molecule has 6 nitrogen and oxygen atoms in total. The Morgan fingerprint density at radius 2 is 1.88 bits per heavy atom. The zero-order chi connectivity index (χ0) is 24.5. The van der Waals surface area contributed by atoms with Crippen molar-refractivity contribution in [2.75, 3.05) is 0 Å². The molecule has 3 saturated carbocycles. The van der Waals surface area contributed by atoms with Crippen LogP contribution < -0.4 is 0 Å². The summed E-state index contributed by atoms with van der Waals surface area (Å²) >= 11 is 0. The third-order valence-electron chi connectivity index (χ3n) is 11.5. The van der Waals surface area contributed by atoms with Gasteiger partial charge in [0.25, 0.3) is 0 Å². The number of ether oxygens (including phenoxy) is 2. The Balaban J connectivity index is 1.35. The summed E-state index contributed by atoms with van der Waals surface area (Å²) in [5, 5.41) is 24.3. The van der Waals surface area contributed by atoms with Gasteiger partial charge in [-0.3, -0.25) is 4.79 Å². The number of epoxide rings is 1. The first-order valence-corrected chi connectivity index (χ1v) is 13.1. The fourth-order valence-electron chi connectivity index (χ4n) is 9.15. The molecule has 0 aromatic heterocycles. The van der Waals surface area contributed by atoms with Gasteiger partial charge in [-0.05, 0) is 83.6 Å². The number of carbonyl (C=O) groups is 2. The maximum absolute atomic E-state index is 13.4. The minimum absolute atomic E-state index is 0.0361. The van der Waals surface area contributed by atoms with E-state index in [1.807, 2.05) is 13.0 Å². The van der Waals surface area contributed by atoms with Gasteiger partial charge in [-0.2, -0.15) is 0 Å². The molecule has 2 aliphatic heterocycles. The molecule has 9 atom stereocenters. The maximum atomic E-state index is 13.4. The standard InChI is InChI=1S/C28H38O6/c1-15-13-21(33-23(30)16(15)2)26(5,31)19-9-12-27(32)18-14-22-28(34-22)10-6-7-20(29)25(28,4)17(18)8-11-24(19,27)3/h9,17-18,21-22,31-32H,6-8,10-14H2,1-5H3. The van der Waals surface area contributed by atoms with Crippen LogP contribution in [-0.4, -0.2) is 51.0 Å². The van der Waals surface area contributed by atoms with Crippen molar-refractivity contribution in [2.24, 2.45) is 22.7 Å². The van der Waals surface area contributed by atoms with E-state index in [1.165, 1.54) is 0 Å². The van der Waals surface area contributed by atoms with Gasteiger partial charge >= 0.3 is 5.97 Å². The van der Waals surface area contributed by atoms with Gasteiger partial charge in [0.05, 0.1) is 17.1 Å². The molecule has 186 valence electrons. The second kappa shape index (κ2) is 6.63. The van der Waals surface area contributed by atoms with Crippen LogP contribution in [0.4, 0.5) is 0 Å². The van der Waals surface area contributed by atoms with E-state index in [4.69, 9.17) is 9.47 Å². The highest BCUT2D eigenvalue weighted by Crippen LogP contribution is 2.74. The van der Waals surface area contributed by atoms with E-state index < -0.39 is 28.1 Å². The molecule has 2 N–H and O–H groups in total. The van der Waals surface area contributed by atoms with Crippen molar-refractivity contribution < 1.29 is 29.3 Å². The molecule has 34 heavy (non-hydrogen) atoms. The summed E-state index contributed by atoms with van der Waals surface area (Å²) in [4.78, 5) is 25.8. The van der Waals surface area contributed by atoms with E-state index in [0.29, 0.717) is 37.0 Å². The number of ketones is 1. The van der Waals surface area contributed by atoms with Gasteiger partial charge in [-0.15, -0.1) is 0 Å². The molecule has 0 aromatic carbocycles. The predicted octanol–water partition coefficient (Wildman–Crippen LogP) is 3.78. The van der Waals surface area contributed by atoms with E-state index in [2.05, 4.69) is 13.8 Å². The summed E-state index contributed by atoms with van der Waals surface area (Å²) in [6.07, 6.45) is 6.98. The van der Waals surface area contributed by atoms with Crippen LogP contribution in [0.2, 0.25) is 0 Å². The van der Waals surface area contributed by atoms with Crippen LogP contribution in [0, 0.1) is 22.7 Å². The van der Waals surface area contributed by atoms with Crippen molar-refractivity contribution >= 4 is 11.8 Å². The Hall–Kier alpha value is -1.50. The number of aliphatic hydroxyl groups is 2. The lowest BCUT2D eigenvalue weighted by Gasteiger charge is -2.61. The highest BCUT2D eigenvalue weighted by molar-refractivity contribution is 5.90. The van der Waals surface area contributed by atoms with Gasteiger partial charge in [0.1, 0.15) is 23.1 Å². The predicted molar refractivity (Wildman–Crippen MR) is 125 cm³/mol. The summed E-state index contributed by atoms with van der Waals surface area (Å²) in [7, 11) is 0. The van der Waals surface area contributed by atoms with Crippen molar-refractivity contribution in [3.05, 3.63) is 22.8 Å². The van der Waals surface area contributed by atoms with Gasteiger partial charge in [0.15, 0.2) is 0 Å². The lowest BCUT2D eigenvalue weighted by Crippen LogP contribution is -2.67. The third-order valence-corrected chi connectivity index (χ3v) is 11.5. The van der Waals surface area contributed by atoms with E-state index >= 15 is 0 Å². The van der Waals surface area contributed by atoms with E-state index in [1.54, 1.807) is 13.8 Å². The molecule has 0 aromatic rings. The molecular formula is C28H38O6. The minimum atomic E-state index is -1.39. The Labute approximate surface area is 201 Å². The third kappa shape index (κ3) is 2.43. The lowest BCUT2D eigenvalue weighted by atomic mass is 9.42. The topological polar surface area (TPSA) is 96.4 Å². The van der Waals surface area contributed by atoms with Crippen LogP contribution in [0.3, 0.4) is 0 Å². The van der Waals surface area contributed by atoms with Crippen LogP contribution in [0.1, 0.15) is 86.0 Å². The molecule has 0 bridgehead atoms. The number of rotatable bonds is 2. The molecule has 1 saturated heterocycles. The van der Waals surface area contributed by atoms with E-state index in [-0.39, 0.29) is 29.5 Å². The zero-order valence-corrected chi connectivity index (χ0v) is 21.1. The number of Topliss-reactive ketones (excluding diaryl/α,β-unsaturated/α-hetero) is 1. The normalized spacial score (nSPS) is 51.4. The Morgan fingerprint density at radius 3 is 2.59 bits per heavy atom. The van der Waals surface area contributed by atoms with Crippen LogP contribution in [-0.2, 0) is 19.1 Å². The van der Waals surface area contributed by atoms with Crippen LogP contribution in [0.25, 0.3) is 0 Å². The molecular weight excluding hydrogens is 432 g/mol. The minimum Gasteiger partial charge on any atom is -0.455 e. The van der Waals surface area contributed by atoms with Gasteiger partial charge in [0.2, 0.25) is 0 Å². The molecule has 9 unspecified atom stereocenters. The Bertz CT molecular complexity index is 1060. The SMILES string of the molecule is CC1=C(C)C(=O)OC(C(C)(O)C2=CCC3(O)C4CC5OC56CCCC(=O)C6(C)C4CCC23C)C1. The van der Waals surface area contributed by atoms with Gasteiger partial charge < -0.3 is 19.7 Å². The molecule has 6 rings (SSSR count). The number of cyclic esters (lactones) is 1. The van der Waals surface area contributed by atoms with Gasteiger partial charge in [-0.25, -0.2) is 4.79 Å². The number of carbonyl (C=O) groups excluding carboxylic acids is 2. The van der Waals surface area contributed by atoms with Gasteiger partial charge in [0, 0.05) is 23.8 Å². The average Bonchev–Trinajstić information content (AvgIpc) is 3.40. The Morgan fingerprint density at radius 1 is 1.15 bits per heavy atom. The highest BCUT2D eigenvalue weighted by Gasteiger charge is 2.79. The monoisotopic (exact) mass is 470 g/mol. The van der Waals surface area contributed by atoms with Crippen LogP contribution >= 0.6 is 0 Å².